The smallest absolute Gasteiger partial charge is 0.306 e. The first-order valence-electron chi connectivity index (χ1n) is 8.68. The Bertz CT molecular complexity index is 697. The fraction of sp³-hybridized carbons (Fsp3) is 0.400. The van der Waals surface area contributed by atoms with E-state index in [2.05, 4.69) is 16.0 Å². The topological polar surface area (TPSA) is 62.7 Å². The summed E-state index contributed by atoms with van der Waals surface area (Å²) in [5.41, 5.74) is 2.16. The van der Waals surface area contributed by atoms with Crippen molar-refractivity contribution in [3.05, 3.63) is 59.9 Å². The van der Waals surface area contributed by atoms with E-state index < -0.39 is 5.97 Å². The van der Waals surface area contributed by atoms with Crippen molar-refractivity contribution < 1.29 is 14.6 Å². The summed E-state index contributed by atoms with van der Waals surface area (Å²) in [6, 6.07) is 14.1. The first kappa shape index (κ1) is 17.4. The van der Waals surface area contributed by atoms with Crippen molar-refractivity contribution in [2.45, 2.75) is 25.3 Å². The summed E-state index contributed by atoms with van der Waals surface area (Å²) in [6.07, 6.45) is 3.95. The molecule has 25 heavy (non-hydrogen) atoms. The van der Waals surface area contributed by atoms with E-state index in [1.165, 1.54) is 0 Å². The van der Waals surface area contributed by atoms with E-state index in [1.807, 2.05) is 42.6 Å². The molecule has 0 saturated carbocycles. The third-order valence-electron chi connectivity index (χ3n) is 4.95. The number of carbonyl (C=O) groups is 1. The van der Waals surface area contributed by atoms with Crippen LogP contribution in [-0.2, 0) is 11.2 Å². The Morgan fingerprint density at radius 1 is 1.24 bits per heavy atom. The maximum absolute atomic E-state index is 11.2. The van der Waals surface area contributed by atoms with Gasteiger partial charge in [-0.1, -0.05) is 24.3 Å². The zero-order chi connectivity index (χ0) is 17.6. The molecule has 5 heteroatoms. The molecule has 1 aliphatic heterocycles. The van der Waals surface area contributed by atoms with Crippen LogP contribution in [0, 0.1) is 5.92 Å². The number of ether oxygens (including phenoxy) is 1. The summed E-state index contributed by atoms with van der Waals surface area (Å²) in [5.74, 6) is -0.0496. The molecular weight excluding hydrogens is 316 g/mol. The van der Waals surface area contributed by atoms with E-state index in [4.69, 9.17) is 4.74 Å². The predicted octanol–water partition coefficient (Wildman–Crippen LogP) is 3.17. The molecule has 1 aromatic heterocycles. The molecule has 1 atom stereocenters. The first-order valence-corrected chi connectivity index (χ1v) is 8.68. The molecule has 1 unspecified atom stereocenters. The number of hydrogen-bond donors (Lipinski definition) is 1. The van der Waals surface area contributed by atoms with Crippen LogP contribution in [0.5, 0.6) is 5.75 Å². The number of carboxylic acids is 1. The SMILES string of the molecule is COc1ccccc1C(Cc1ccccn1)N1CCC(C(=O)O)CC1. The number of aromatic nitrogens is 1. The van der Waals surface area contributed by atoms with Crippen molar-refractivity contribution in [3.8, 4) is 5.75 Å². The molecular formula is C20H24N2O3. The van der Waals surface area contributed by atoms with Gasteiger partial charge in [-0.3, -0.25) is 14.7 Å². The van der Waals surface area contributed by atoms with E-state index in [-0.39, 0.29) is 12.0 Å². The number of para-hydroxylation sites is 1. The Morgan fingerprint density at radius 2 is 1.96 bits per heavy atom. The molecule has 2 aromatic rings. The lowest BCUT2D eigenvalue weighted by Gasteiger charge is -2.37. The zero-order valence-corrected chi connectivity index (χ0v) is 14.5. The largest absolute Gasteiger partial charge is 0.496 e. The lowest BCUT2D eigenvalue weighted by molar-refractivity contribution is -0.143. The van der Waals surface area contributed by atoms with Gasteiger partial charge in [0.1, 0.15) is 5.75 Å². The van der Waals surface area contributed by atoms with Crippen molar-refractivity contribution in [2.75, 3.05) is 20.2 Å². The van der Waals surface area contributed by atoms with Crippen LogP contribution in [0.2, 0.25) is 0 Å². The van der Waals surface area contributed by atoms with Gasteiger partial charge in [0.2, 0.25) is 0 Å². The second kappa shape index (κ2) is 8.12. The molecule has 1 aliphatic rings. The van der Waals surface area contributed by atoms with Crippen molar-refractivity contribution in [3.63, 3.8) is 0 Å². The first-order chi connectivity index (χ1) is 12.2. The number of nitrogens with zero attached hydrogens (tertiary/aromatic N) is 2. The molecule has 132 valence electrons. The standard InChI is InChI=1S/C20H24N2O3/c1-25-19-8-3-2-7-17(19)18(14-16-6-4-5-11-21-16)22-12-9-15(10-13-22)20(23)24/h2-8,11,15,18H,9-10,12-14H2,1H3,(H,23,24). The highest BCUT2D eigenvalue weighted by molar-refractivity contribution is 5.70. The summed E-state index contributed by atoms with van der Waals surface area (Å²) in [5, 5.41) is 9.25. The number of pyridine rings is 1. The predicted molar refractivity (Wildman–Crippen MR) is 95.6 cm³/mol. The van der Waals surface area contributed by atoms with Gasteiger partial charge in [0, 0.05) is 29.9 Å². The summed E-state index contributed by atoms with van der Waals surface area (Å²) >= 11 is 0. The molecule has 0 amide bonds. The van der Waals surface area contributed by atoms with Crippen molar-refractivity contribution in [1.29, 1.82) is 0 Å². The highest BCUT2D eigenvalue weighted by Gasteiger charge is 2.30. The summed E-state index contributed by atoms with van der Waals surface area (Å²) in [4.78, 5) is 18.1. The third-order valence-corrected chi connectivity index (χ3v) is 4.95. The normalized spacial score (nSPS) is 17.2. The van der Waals surface area contributed by atoms with Gasteiger partial charge in [0.15, 0.2) is 0 Å². The lowest BCUT2D eigenvalue weighted by Crippen LogP contribution is -2.39. The van der Waals surface area contributed by atoms with Crippen LogP contribution in [0.25, 0.3) is 0 Å². The van der Waals surface area contributed by atoms with E-state index in [0.717, 1.165) is 36.5 Å². The molecule has 0 aliphatic carbocycles. The fourth-order valence-corrected chi connectivity index (χ4v) is 3.55. The van der Waals surface area contributed by atoms with Gasteiger partial charge in [0.25, 0.3) is 0 Å². The number of likely N-dealkylation sites (tertiary alicyclic amines) is 1. The minimum atomic E-state index is -0.682. The Balaban J connectivity index is 1.86. The van der Waals surface area contributed by atoms with Crippen molar-refractivity contribution in [1.82, 2.24) is 9.88 Å². The molecule has 2 heterocycles. The maximum atomic E-state index is 11.2. The molecule has 1 fully saturated rings. The molecule has 5 nitrogen and oxygen atoms in total. The average Bonchev–Trinajstić information content (AvgIpc) is 2.67. The number of hydrogen-bond acceptors (Lipinski definition) is 4. The summed E-state index contributed by atoms with van der Waals surface area (Å²) in [6.45, 7) is 1.54. The highest BCUT2D eigenvalue weighted by Crippen LogP contribution is 2.34. The highest BCUT2D eigenvalue weighted by atomic mass is 16.5. The minimum Gasteiger partial charge on any atom is -0.496 e. The lowest BCUT2D eigenvalue weighted by atomic mass is 9.92. The van der Waals surface area contributed by atoms with Crippen LogP contribution >= 0.6 is 0 Å². The van der Waals surface area contributed by atoms with Crippen LogP contribution in [0.4, 0.5) is 0 Å². The van der Waals surface area contributed by atoms with E-state index >= 15 is 0 Å². The molecule has 3 rings (SSSR count). The number of benzene rings is 1. The van der Waals surface area contributed by atoms with Gasteiger partial charge in [-0.15, -0.1) is 0 Å². The van der Waals surface area contributed by atoms with E-state index in [0.29, 0.717) is 12.8 Å². The van der Waals surface area contributed by atoms with E-state index in [1.54, 1.807) is 7.11 Å². The zero-order valence-electron chi connectivity index (χ0n) is 14.5. The molecule has 1 aromatic carbocycles. The Labute approximate surface area is 148 Å². The Kier molecular flexibility index (Phi) is 5.66. The van der Waals surface area contributed by atoms with Gasteiger partial charge >= 0.3 is 5.97 Å². The number of carboxylic acid groups (broad SMARTS) is 1. The van der Waals surface area contributed by atoms with Crippen molar-refractivity contribution in [2.24, 2.45) is 5.92 Å². The molecule has 1 N–H and O–H groups in total. The molecule has 1 saturated heterocycles. The van der Waals surface area contributed by atoms with Gasteiger partial charge in [-0.05, 0) is 44.1 Å². The van der Waals surface area contributed by atoms with Crippen molar-refractivity contribution >= 4 is 5.97 Å². The summed E-state index contributed by atoms with van der Waals surface area (Å²) < 4.78 is 5.57. The number of piperidine rings is 1. The number of methoxy groups -OCH3 is 1. The van der Waals surface area contributed by atoms with Gasteiger partial charge in [-0.2, -0.15) is 0 Å². The van der Waals surface area contributed by atoms with Crippen LogP contribution < -0.4 is 4.74 Å². The summed E-state index contributed by atoms with van der Waals surface area (Å²) in [7, 11) is 1.69. The van der Waals surface area contributed by atoms with Gasteiger partial charge in [0.05, 0.1) is 13.0 Å². The average molecular weight is 340 g/mol. The Morgan fingerprint density at radius 3 is 2.60 bits per heavy atom. The minimum absolute atomic E-state index is 0.126. The number of aliphatic carboxylic acids is 1. The molecule has 0 radical (unpaired) electrons. The third kappa shape index (κ3) is 4.17. The van der Waals surface area contributed by atoms with Crippen LogP contribution in [0.15, 0.2) is 48.7 Å². The second-order valence-corrected chi connectivity index (χ2v) is 6.43. The van der Waals surface area contributed by atoms with Crippen LogP contribution in [-0.4, -0.2) is 41.2 Å². The monoisotopic (exact) mass is 340 g/mol. The van der Waals surface area contributed by atoms with E-state index in [9.17, 15) is 9.90 Å². The van der Waals surface area contributed by atoms with Crippen LogP contribution in [0.3, 0.4) is 0 Å². The number of rotatable bonds is 6. The fourth-order valence-electron chi connectivity index (χ4n) is 3.55. The van der Waals surface area contributed by atoms with Gasteiger partial charge in [-0.25, -0.2) is 0 Å². The van der Waals surface area contributed by atoms with Gasteiger partial charge < -0.3 is 9.84 Å². The molecule has 0 bridgehead atoms. The maximum Gasteiger partial charge on any atom is 0.306 e. The Hall–Kier alpha value is -2.40. The second-order valence-electron chi connectivity index (χ2n) is 6.43. The quantitative estimate of drug-likeness (QED) is 0.875. The van der Waals surface area contributed by atoms with Crippen LogP contribution in [0.1, 0.15) is 30.1 Å². The molecule has 0 spiro atoms.